The van der Waals surface area contributed by atoms with Crippen molar-refractivity contribution in [1.82, 2.24) is 0 Å². The normalized spacial score (nSPS) is 13.1. The fourth-order valence-electron chi connectivity index (χ4n) is 2.23. The predicted octanol–water partition coefficient (Wildman–Crippen LogP) is 4.14. The second kappa shape index (κ2) is 5.75. The molecule has 0 unspecified atom stereocenters. The van der Waals surface area contributed by atoms with E-state index in [4.69, 9.17) is 9.47 Å². The van der Waals surface area contributed by atoms with Gasteiger partial charge in [-0.1, -0.05) is 18.2 Å². The van der Waals surface area contributed by atoms with E-state index in [0.29, 0.717) is 19.8 Å². The summed E-state index contributed by atoms with van der Waals surface area (Å²) in [7, 11) is 0. The van der Waals surface area contributed by atoms with Gasteiger partial charge in [0, 0.05) is 22.3 Å². The Hall–Kier alpha value is -1.68. The van der Waals surface area contributed by atoms with E-state index in [1.54, 1.807) is 0 Å². The molecule has 3 nitrogen and oxygen atoms in total. The first kappa shape index (κ1) is 13.3. The van der Waals surface area contributed by atoms with Crippen molar-refractivity contribution >= 4 is 21.6 Å². The maximum absolute atomic E-state index is 5.72. The molecule has 0 aromatic heterocycles. The fraction of sp³-hybridized carbons (Fsp3) is 0.250. The third-order valence-electron chi connectivity index (χ3n) is 3.24. The van der Waals surface area contributed by atoms with Gasteiger partial charge in [-0.2, -0.15) is 0 Å². The van der Waals surface area contributed by atoms with Gasteiger partial charge in [0.05, 0.1) is 0 Å². The van der Waals surface area contributed by atoms with Crippen LogP contribution in [0.2, 0.25) is 0 Å². The number of halogens is 1. The monoisotopic (exact) mass is 333 g/mol. The van der Waals surface area contributed by atoms with Crippen molar-refractivity contribution < 1.29 is 9.47 Å². The lowest BCUT2D eigenvalue weighted by molar-refractivity contribution is 0.170. The number of fused-ring (bicyclic) bond motifs is 1. The van der Waals surface area contributed by atoms with E-state index in [0.717, 1.165) is 27.2 Å². The minimum Gasteiger partial charge on any atom is -0.486 e. The van der Waals surface area contributed by atoms with Gasteiger partial charge in [0.25, 0.3) is 0 Å². The number of anilines is 1. The molecule has 0 amide bonds. The van der Waals surface area contributed by atoms with Crippen LogP contribution < -0.4 is 14.8 Å². The molecular formula is C16H16BrNO2. The van der Waals surface area contributed by atoms with Crippen LogP contribution in [0.25, 0.3) is 0 Å². The minimum absolute atomic E-state index is 0.609. The van der Waals surface area contributed by atoms with Crippen molar-refractivity contribution in [2.24, 2.45) is 0 Å². The summed E-state index contributed by atoms with van der Waals surface area (Å²) >= 11 is 3.58. The van der Waals surface area contributed by atoms with Gasteiger partial charge < -0.3 is 14.8 Å². The molecule has 0 spiro atoms. The molecule has 104 valence electrons. The summed E-state index contributed by atoms with van der Waals surface area (Å²) in [6, 6.07) is 12.3. The number of aryl methyl sites for hydroxylation is 1. The highest BCUT2D eigenvalue weighted by Gasteiger charge is 2.15. The molecule has 0 radical (unpaired) electrons. The van der Waals surface area contributed by atoms with Crippen LogP contribution in [0.15, 0.2) is 40.9 Å². The first-order valence-corrected chi connectivity index (χ1v) is 7.41. The van der Waals surface area contributed by atoms with Crippen LogP contribution in [0.5, 0.6) is 11.5 Å². The lowest BCUT2D eigenvalue weighted by atomic mass is 10.1. The topological polar surface area (TPSA) is 30.5 Å². The number of hydrogen-bond acceptors (Lipinski definition) is 3. The molecule has 1 N–H and O–H groups in total. The second-order valence-electron chi connectivity index (χ2n) is 4.78. The molecule has 4 heteroatoms. The summed E-state index contributed by atoms with van der Waals surface area (Å²) in [5, 5.41) is 3.42. The third-order valence-corrected chi connectivity index (χ3v) is 3.90. The largest absolute Gasteiger partial charge is 0.486 e. The molecule has 2 aromatic rings. The van der Waals surface area contributed by atoms with Crippen LogP contribution in [0.3, 0.4) is 0 Å². The Morgan fingerprint density at radius 3 is 2.85 bits per heavy atom. The van der Waals surface area contributed by atoms with Crippen molar-refractivity contribution in [2.75, 3.05) is 18.5 Å². The Bertz CT molecular complexity index is 628. The van der Waals surface area contributed by atoms with Gasteiger partial charge in [-0.25, -0.2) is 0 Å². The van der Waals surface area contributed by atoms with E-state index >= 15 is 0 Å². The number of ether oxygens (including phenoxy) is 2. The molecule has 3 rings (SSSR count). The number of rotatable bonds is 3. The van der Waals surface area contributed by atoms with E-state index in [2.05, 4.69) is 52.4 Å². The SMILES string of the molecule is Cc1ccc(NCc2cccc3c2OCCO3)c(Br)c1. The first-order valence-electron chi connectivity index (χ1n) is 6.61. The summed E-state index contributed by atoms with van der Waals surface area (Å²) in [5.41, 5.74) is 3.41. The highest BCUT2D eigenvalue weighted by atomic mass is 79.9. The van der Waals surface area contributed by atoms with Crippen LogP contribution in [-0.2, 0) is 6.54 Å². The molecule has 0 bridgehead atoms. The van der Waals surface area contributed by atoms with E-state index < -0.39 is 0 Å². The zero-order valence-corrected chi connectivity index (χ0v) is 12.9. The summed E-state index contributed by atoms with van der Waals surface area (Å²) in [6.07, 6.45) is 0. The summed E-state index contributed by atoms with van der Waals surface area (Å²) in [4.78, 5) is 0. The van der Waals surface area contributed by atoms with Gasteiger partial charge in [-0.05, 0) is 46.6 Å². The quantitative estimate of drug-likeness (QED) is 0.915. The Morgan fingerprint density at radius 2 is 2.00 bits per heavy atom. The van der Waals surface area contributed by atoms with E-state index in [1.807, 2.05) is 12.1 Å². The van der Waals surface area contributed by atoms with Gasteiger partial charge in [0.1, 0.15) is 13.2 Å². The third kappa shape index (κ3) is 2.75. The van der Waals surface area contributed by atoms with Crippen molar-refractivity contribution in [1.29, 1.82) is 0 Å². The van der Waals surface area contributed by atoms with E-state index in [9.17, 15) is 0 Å². The van der Waals surface area contributed by atoms with Gasteiger partial charge in [0.2, 0.25) is 0 Å². The van der Waals surface area contributed by atoms with Gasteiger partial charge in [0.15, 0.2) is 11.5 Å². The number of nitrogens with one attached hydrogen (secondary N) is 1. The molecule has 0 saturated carbocycles. The van der Waals surface area contributed by atoms with Crippen LogP contribution >= 0.6 is 15.9 Å². The molecular weight excluding hydrogens is 318 g/mol. The van der Waals surface area contributed by atoms with Crippen LogP contribution in [0.1, 0.15) is 11.1 Å². The molecule has 1 aliphatic rings. The van der Waals surface area contributed by atoms with Gasteiger partial charge in [-0.15, -0.1) is 0 Å². The molecule has 0 fully saturated rings. The maximum Gasteiger partial charge on any atom is 0.166 e. The Balaban J connectivity index is 1.78. The number of para-hydroxylation sites is 1. The highest BCUT2D eigenvalue weighted by Crippen LogP contribution is 2.34. The average molecular weight is 334 g/mol. The van der Waals surface area contributed by atoms with E-state index in [1.165, 1.54) is 5.56 Å². The molecule has 20 heavy (non-hydrogen) atoms. The number of benzene rings is 2. The molecule has 1 aliphatic heterocycles. The van der Waals surface area contributed by atoms with Crippen molar-refractivity contribution in [2.45, 2.75) is 13.5 Å². The molecule has 0 atom stereocenters. The zero-order valence-electron chi connectivity index (χ0n) is 11.3. The fourth-order valence-corrected chi connectivity index (χ4v) is 2.86. The summed E-state index contributed by atoms with van der Waals surface area (Å²) in [5.74, 6) is 1.69. The van der Waals surface area contributed by atoms with Crippen LogP contribution in [-0.4, -0.2) is 13.2 Å². The van der Waals surface area contributed by atoms with Crippen molar-refractivity contribution in [3.63, 3.8) is 0 Å². The maximum atomic E-state index is 5.72. The molecule has 2 aromatic carbocycles. The Morgan fingerprint density at radius 1 is 1.15 bits per heavy atom. The van der Waals surface area contributed by atoms with Crippen molar-refractivity contribution in [3.8, 4) is 11.5 Å². The zero-order chi connectivity index (χ0) is 13.9. The van der Waals surface area contributed by atoms with E-state index in [-0.39, 0.29) is 0 Å². The summed E-state index contributed by atoms with van der Waals surface area (Å²) < 4.78 is 12.4. The van der Waals surface area contributed by atoms with Crippen LogP contribution in [0, 0.1) is 6.92 Å². The molecule has 0 aliphatic carbocycles. The molecule has 0 saturated heterocycles. The van der Waals surface area contributed by atoms with Gasteiger partial charge in [-0.3, -0.25) is 0 Å². The second-order valence-corrected chi connectivity index (χ2v) is 5.63. The average Bonchev–Trinajstić information content (AvgIpc) is 2.46. The lowest BCUT2D eigenvalue weighted by Gasteiger charge is -2.21. The standard InChI is InChI=1S/C16H16BrNO2/c1-11-5-6-14(13(17)9-11)18-10-12-3-2-4-15-16(12)20-8-7-19-15/h2-6,9,18H,7-8,10H2,1H3. The number of hydrogen-bond donors (Lipinski definition) is 1. The van der Waals surface area contributed by atoms with Crippen LogP contribution in [0.4, 0.5) is 5.69 Å². The Labute approximate surface area is 127 Å². The van der Waals surface area contributed by atoms with Gasteiger partial charge >= 0.3 is 0 Å². The lowest BCUT2D eigenvalue weighted by Crippen LogP contribution is -2.17. The smallest absolute Gasteiger partial charge is 0.166 e. The highest BCUT2D eigenvalue weighted by molar-refractivity contribution is 9.10. The Kier molecular flexibility index (Phi) is 3.83. The molecule has 1 heterocycles. The van der Waals surface area contributed by atoms with Crippen molar-refractivity contribution in [3.05, 3.63) is 52.0 Å². The first-order chi connectivity index (χ1) is 9.74. The minimum atomic E-state index is 0.609. The summed E-state index contributed by atoms with van der Waals surface area (Å²) in [6.45, 7) is 4.01. The predicted molar refractivity (Wildman–Crippen MR) is 83.6 cm³/mol.